The van der Waals surface area contributed by atoms with E-state index in [1.807, 2.05) is 0 Å². The number of hydrogen-bond donors (Lipinski definition) is 3. The molecule has 6 heteroatoms. The number of aliphatic carboxylic acids is 1. The Hall–Kier alpha value is -1.43. The Morgan fingerprint density at radius 3 is 2.22 bits per heavy atom. The molecule has 0 aromatic carbocycles. The van der Waals surface area contributed by atoms with E-state index in [4.69, 9.17) is 5.11 Å². The zero-order valence-corrected chi connectivity index (χ0v) is 11.4. The average molecular weight is 258 g/mol. The number of carbonyl (C=O) groups is 3. The van der Waals surface area contributed by atoms with Crippen LogP contribution in [0.25, 0.3) is 0 Å². The van der Waals surface area contributed by atoms with Crippen LogP contribution in [0.1, 0.15) is 40.0 Å². The molecule has 0 aromatic rings. The van der Waals surface area contributed by atoms with E-state index in [1.54, 1.807) is 27.8 Å². The van der Waals surface area contributed by atoms with Gasteiger partial charge in [-0.2, -0.15) is 0 Å². The van der Waals surface area contributed by atoms with Crippen molar-refractivity contribution in [3.63, 3.8) is 0 Å². The molecular formula is C12H22N2O4. The van der Waals surface area contributed by atoms with E-state index in [1.165, 1.54) is 0 Å². The first kappa shape index (κ1) is 16.6. The summed E-state index contributed by atoms with van der Waals surface area (Å²) in [4.78, 5) is 34.0. The number of carbonyl (C=O) groups excluding carboxylic acids is 2. The fourth-order valence-corrected chi connectivity index (χ4v) is 1.58. The fraction of sp³-hybridized carbons (Fsp3) is 0.750. The Morgan fingerprint density at radius 2 is 1.83 bits per heavy atom. The van der Waals surface area contributed by atoms with Gasteiger partial charge in [0.05, 0.1) is 11.6 Å². The maximum Gasteiger partial charge on any atom is 0.303 e. The molecule has 1 atom stereocenters. The number of amides is 1. The average Bonchev–Trinajstić information content (AvgIpc) is 2.27. The quantitative estimate of drug-likeness (QED) is 0.582. The van der Waals surface area contributed by atoms with Gasteiger partial charge in [-0.05, 0) is 27.3 Å². The van der Waals surface area contributed by atoms with E-state index in [0.717, 1.165) is 0 Å². The molecule has 0 aliphatic carbocycles. The smallest absolute Gasteiger partial charge is 0.303 e. The van der Waals surface area contributed by atoms with Crippen LogP contribution in [0, 0.1) is 0 Å². The summed E-state index contributed by atoms with van der Waals surface area (Å²) < 4.78 is 0. The van der Waals surface area contributed by atoms with Crippen molar-refractivity contribution < 1.29 is 19.5 Å². The van der Waals surface area contributed by atoms with Crippen molar-refractivity contribution in [3.05, 3.63) is 0 Å². The Kier molecular flexibility index (Phi) is 6.54. The number of ketones is 1. The molecule has 0 bridgehead atoms. The first-order chi connectivity index (χ1) is 8.24. The van der Waals surface area contributed by atoms with Gasteiger partial charge < -0.3 is 15.7 Å². The molecule has 3 N–H and O–H groups in total. The Balaban J connectivity index is 4.52. The van der Waals surface area contributed by atoms with Gasteiger partial charge in [-0.25, -0.2) is 0 Å². The first-order valence-electron chi connectivity index (χ1n) is 5.99. The lowest BCUT2D eigenvalue weighted by Gasteiger charge is -2.27. The Bertz CT molecular complexity index is 326. The highest BCUT2D eigenvalue weighted by Crippen LogP contribution is 2.08. The number of hydrogen-bond acceptors (Lipinski definition) is 4. The molecule has 104 valence electrons. The monoisotopic (exact) mass is 258 g/mol. The molecule has 0 fully saturated rings. The van der Waals surface area contributed by atoms with Crippen LogP contribution < -0.4 is 10.6 Å². The predicted octanol–water partition coefficient (Wildman–Crippen LogP) is 0.313. The molecule has 0 heterocycles. The van der Waals surface area contributed by atoms with E-state index in [9.17, 15) is 14.4 Å². The third-order valence-corrected chi connectivity index (χ3v) is 2.77. The third kappa shape index (κ3) is 5.27. The molecule has 0 radical (unpaired) electrons. The topological polar surface area (TPSA) is 95.5 Å². The Morgan fingerprint density at radius 1 is 1.28 bits per heavy atom. The normalized spacial score (nSPS) is 12.9. The maximum absolute atomic E-state index is 11.9. The molecule has 0 saturated heterocycles. The lowest BCUT2D eigenvalue weighted by atomic mass is 9.96. The second-order valence-electron chi connectivity index (χ2n) is 4.66. The van der Waals surface area contributed by atoms with Gasteiger partial charge >= 0.3 is 5.97 Å². The van der Waals surface area contributed by atoms with Crippen molar-refractivity contribution in [2.75, 3.05) is 7.05 Å². The fourth-order valence-electron chi connectivity index (χ4n) is 1.58. The molecule has 0 aliphatic rings. The summed E-state index contributed by atoms with van der Waals surface area (Å²) >= 11 is 0. The highest BCUT2D eigenvalue weighted by atomic mass is 16.4. The van der Waals surface area contributed by atoms with Gasteiger partial charge in [0.15, 0.2) is 5.78 Å². The highest BCUT2D eigenvalue weighted by molar-refractivity contribution is 5.93. The molecule has 0 rings (SSSR count). The predicted molar refractivity (Wildman–Crippen MR) is 67.2 cm³/mol. The van der Waals surface area contributed by atoms with Gasteiger partial charge in [0.2, 0.25) is 5.91 Å². The van der Waals surface area contributed by atoms with Crippen molar-refractivity contribution in [2.24, 2.45) is 0 Å². The summed E-state index contributed by atoms with van der Waals surface area (Å²) in [6, 6.07) is -0.606. The SMILES string of the molecule is CCC(=O)C(C)(C)NC(=O)[C@@H](CCC(=O)O)NC. The minimum atomic E-state index is -0.952. The number of Topliss-reactive ketones (excluding diaryl/α,β-unsaturated/α-hetero) is 1. The molecule has 6 nitrogen and oxygen atoms in total. The van der Waals surface area contributed by atoms with Crippen molar-refractivity contribution in [2.45, 2.75) is 51.6 Å². The second-order valence-corrected chi connectivity index (χ2v) is 4.66. The first-order valence-corrected chi connectivity index (χ1v) is 5.99. The van der Waals surface area contributed by atoms with Gasteiger partial charge in [-0.15, -0.1) is 0 Å². The van der Waals surface area contributed by atoms with Crippen LogP contribution in [-0.2, 0) is 14.4 Å². The van der Waals surface area contributed by atoms with Gasteiger partial charge in [0.25, 0.3) is 0 Å². The van der Waals surface area contributed by atoms with E-state index >= 15 is 0 Å². The number of likely N-dealkylation sites (N-methyl/N-ethyl adjacent to an activating group) is 1. The molecule has 0 spiro atoms. The minimum Gasteiger partial charge on any atom is -0.481 e. The highest BCUT2D eigenvalue weighted by Gasteiger charge is 2.30. The summed E-state index contributed by atoms with van der Waals surface area (Å²) in [6.45, 7) is 5.01. The van der Waals surface area contributed by atoms with Crippen LogP contribution in [0.3, 0.4) is 0 Å². The summed E-state index contributed by atoms with van der Waals surface area (Å²) in [6.07, 6.45) is 0.432. The molecular weight excluding hydrogens is 236 g/mol. The van der Waals surface area contributed by atoms with E-state index < -0.39 is 17.6 Å². The number of nitrogens with one attached hydrogen (secondary N) is 2. The zero-order chi connectivity index (χ0) is 14.3. The lowest BCUT2D eigenvalue weighted by molar-refractivity contribution is -0.137. The number of carboxylic acid groups (broad SMARTS) is 1. The lowest BCUT2D eigenvalue weighted by Crippen LogP contribution is -2.55. The standard InChI is InChI=1S/C12H22N2O4/c1-5-9(15)12(2,3)14-11(18)8(13-4)6-7-10(16)17/h8,13H,5-7H2,1-4H3,(H,14,18)(H,16,17)/t8-/m1/s1. The molecule has 18 heavy (non-hydrogen) atoms. The summed E-state index contributed by atoms with van der Waals surface area (Å²) in [5.74, 6) is -1.37. The van der Waals surface area contributed by atoms with Crippen LogP contribution in [0.15, 0.2) is 0 Å². The zero-order valence-electron chi connectivity index (χ0n) is 11.4. The molecule has 0 aromatic heterocycles. The molecule has 0 unspecified atom stereocenters. The summed E-state index contributed by atoms with van der Waals surface area (Å²) in [7, 11) is 1.58. The minimum absolute atomic E-state index is 0.0658. The summed E-state index contributed by atoms with van der Waals surface area (Å²) in [5, 5.41) is 14.0. The Labute approximate surface area is 107 Å². The van der Waals surface area contributed by atoms with Crippen LogP contribution in [0.4, 0.5) is 0 Å². The second kappa shape index (κ2) is 7.10. The van der Waals surface area contributed by atoms with Crippen molar-refractivity contribution in [1.82, 2.24) is 10.6 Å². The largest absolute Gasteiger partial charge is 0.481 e. The van der Waals surface area contributed by atoms with Gasteiger partial charge in [0, 0.05) is 12.8 Å². The summed E-state index contributed by atoms with van der Waals surface area (Å²) in [5.41, 5.74) is -0.926. The maximum atomic E-state index is 11.9. The van der Waals surface area contributed by atoms with Gasteiger partial charge in [-0.1, -0.05) is 6.92 Å². The number of carboxylic acids is 1. The van der Waals surface area contributed by atoms with E-state index in [-0.39, 0.29) is 24.5 Å². The molecule has 1 amide bonds. The van der Waals surface area contributed by atoms with Crippen molar-refractivity contribution in [1.29, 1.82) is 0 Å². The van der Waals surface area contributed by atoms with Crippen LogP contribution >= 0.6 is 0 Å². The van der Waals surface area contributed by atoms with E-state index in [0.29, 0.717) is 6.42 Å². The van der Waals surface area contributed by atoms with Crippen molar-refractivity contribution in [3.8, 4) is 0 Å². The van der Waals surface area contributed by atoms with Crippen molar-refractivity contribution >= 4 is 17.7 Å². The number of rotatable bonds is 8. The van der Waals surface area contributed by atoms with Gasteiger partial charge in [-0.3, -0.25) is 14.4 Å². The van der Waals surface area contributed by atoms with Crippen LogP contribution in [0.2, 0.25) is 0 Å². The third-order valence-electron chi connectivity index (χ3n) is 2.77. The van der Waals surface area contributed by atoms with Crippen LogP contribution in [-0.4, -0.2) is 41.4 Å². The van der Waals surface area contributed by atoms with E-state index in [2.05, 4.69) is 10.6 Å². The molecule has 0 saturated carbocycles. The van der Waals surface area contributed by atoms with Gasteiger partial charge in [0.1, 0.15) is 0 Å². The van der Waals surface area contributed by atoms with Crippen LogP contribution in [0.5, 0.6) is 0 Å². The molecule has 0 aliphatic heterocycles.